The van der Waals surface area contributed by atoms with E-state index < -0.39 is 5.97 Å². The number of methoxy groups -OCH3 is 1. The van der Waals surface area contributed by atoms with Crippen LogP contribution < -0.4 is 15.0 Å². The summed E-state index contributed by atoms with van der Waals surface area (Å²) in [6, 6.07) is 8.81. The molecule has 0 aliphatic carbocycles. The highest BCUT2D eigenvalue weighted by atomic mass is 79.9. The Bertz CT molecular complexity index is 1240. The Labute approximate surface area is 196 Å². The van der Waals surface area contributed by atoms with E-state index in [-0.39, 0.29) is 17.2 Å². The van der Waals surface area contributed by atoms with Gasteiger partial charge >= 0.3 is 5.97 Å². The number of fused-ring (bicyclic) bond motifs is 1. The highest BCUT2D eigenvalue weighted by Crippen LogP contribution is 2.36. The molecule has 31 heavy (non-hydrogen) atoms. The van der Waals surface area contributed by atoms with E-state index >= 15 is 0 Å². The van der Waals surface area contributed by atoms with Gasteiger partial charge in [-0.2, -0.15) is 9.78 Å². The van der Waals surface area contributed by atoms with Gasteiger partial charge in [0.1, 0.15) is 5.82 Å². The molecule has 1 atom stereocenters. The molecule has 7 nitrogen and oxygen atoms in total. The van der Waals surface area contributed by atoms with Crippen LogP contribution in [0.5, 0.6) is 11.5 Å². The van der Waals surface area contributed by atoms with Crippen LogP contribution in [0.15, 0.2) is 49.2 Å². The van der Waals surface area contributed by atoms with Crippen molar-refractivity contribution >= 4 is 54.9 Å². The van der Waals surface area contributed by atoms with Crippen LogP contribution in [0.1, 0.15) is 44.5 Å². The molecule has 9 heteroatoms. The van der Waals surface area contributed by atoms with Gasteiger partial charge in [-0.05, 0) is 58.2 Å². The molecule has 0 aliphatic rings. The van der Waals surface area contributed by atoms with Crippen LogP contribution >= 0.6 is 31.9 Å². The quantitative estimate of drug-likeness (QED) is 0.238. The fourth-order valence-electron chi connectivity index (χ4n) is 2.96. The first-order chi connectivity index (χ1) is 14.7. The molecular formula is C22H21Br2N3O4. The maximum absolute atomic E-state index is 13.2. The monoisotopic (exact) mass is 549 g/mol. The second-order valence-corrected chi connectivity index (χ2v) is 8.70. The number of hydrogen-bond acceptors (Lipinski definition) is 6. The third-order valence-electron chi connectivity index (χ3n) is 4.71. The van der Waals surface area contributed by atoms with Gasteiger partial charge in [0.25, 0.3) is 5.56 Å². The largest absolute Gasteiger partial charge is 0.493 e. The Balaban J connectivity index is 2.14. The van der Waals surface area contributed by atoms with E-state index in [1.807, 2.05) is 26.0 Å². The Morgan fingerprint density at radius 3 is 2.68 bits per heavy atom. The van der Waals surface area contributed by atoms with E-state index in [9.17, 15) is 9.59 Å². The number of rotatable bonds is 6. The van der Waals surface area contributed by atoms with Crippen molar-refractivity contribution in [3.8, 4) is 11.5 Å². The van der Waals surface area contributed by atoms with Crippen LogP contribution in [0, 0.1) is 0 Å². The van der Waals surface area contributed by atoms with Crippen molar-refractivity contribution in [2.45, 2.75) is 33.1 Å². The predicted molar refractivity (Wildman–Crippen MR) is 127 cm³/mol. The lowest BCUT2D eigenvalue weighted by atomic mass is 10.1. The molecule has 1 heterocycles. The Hall–Kier alpha value is -2.52. The van der Waals surface area contributed by atoms with E-state index in [2.05, 4.69) is 37.0 Å². The minimum absolute atomic E-state index is 0.0329. The molecular weight excluding hydrogens is 530 g/mol. The summed E-state index contributed by atoms with van der Waals surface area (Å²) in [7, 11) is 1.48. The maximum Gasteiger partial charge on any atom is 0.308 e. The zero-order chi connectivity index (χ0) is 22.7. The number of carbonyl (C=O) groups is 1. The Kier molecular flexibility index (Phi) is 7.27. The average Bonchev–Trinajstić information content (AvgIpc) is 2.74. The number of hydrogen-bond donors (Lipinski definition) is 0. The topological polar surface area (TPSA) is 82.8 Å². The lowest BCUT2D eigenvalue weighted by molar-refractivity contribution is -0.132. The molecule has 0 N–H and O–H groups in total. The molecule has 0 bridgehead atoms. The van der Waals surface area contributed by atoms with Crippen molar-refractivity contribution < 1.29 is 14.3 Å². The second-order valence-electron chi connectivity index (χ2n) is 6.93. The van der Waals surface area contributed by atoms with Crippen molar-refractivity contribution in [2.24, 2.45) is 5.10 Å². The minimum atomic E-state index is -0.460. The van der Waals surface area contributed by atoms with Crippen LogP contribution in [-0.2, 0) is 4.79 Å². The lowest BCUT2D eigenvalue weighted by Gasteiger charge is -2.14. The van der Waals surface area contributed by atoms with Crippen molar-refractivity contribution in [1.82, 2.24) is 9.66 Å². The zero-order valence-corrected chi connectivity index (χ0v) is 20.7. The van der Waals surface area contributed by atoms with Crippen LogP contribution in [0.25, 0.3) is 10.9 Å². The number of ether oxygens (including phenoxy) is 2. The molecule has 0 saturated carbocycles. The summed E-state index contributed by atoms with van der Waals surface area (Å²) in [6.45, 7) is 5.35. The lowest BCUT2D eigenvalue weighted by Crippen LogP contribution is -2.23. The first-order valence-electron chi connectivity index (χ1n) is 9.57. The zero-order valence-electron chi connectivity index (χ0n) is 17.5. The first-order valence-corrected chi connectivity index (χ1v) is 11.2. The normalized spacial score (nSPS) is 12.3. The summed E-state index contributed by atoms with van der Waals surface area (Å²) >= 11 is 6.80. The minimum Gasteiger partial charge on any atom is -0.493 e. The Morgan fingerprint density at radius 2 is 2.03 bits per heavy atom. The second kappa shape index (κ2) is 9.74. The van der Waals surface area contributed by atoms with Crippen LogP contribution in [0.3, 0.4) is 0 Å². The third kappa shape index (κ3) is 5.04. The summed E-state index contributed by atoms with van der Waals surface area (Å²) in [5, 5.41) is 4.92. The highest BCUT2D eigenvalue weighted by molar-refractivity contribution is 9.10. The van der Waals surface area contributed by atoms with Crippen molar-refractivity contribution in [2.75, 3.05) is 7.11 Å². The van der Waals surface area contributed by atoms with E-state index in [0.29, 0.717) is 32.5 Å². The molecule has 0 fully saturated rings. The summed E-state index contributed by atoms with van der Waals surface area (Å²) in [5.41, 5.74) is 1.03. The molecule has 0 saturated heterocycles. The number of nitrogens with zero attached hydrogens (tertiary/aromatic N) is 3. The fraction of sp³-hybridized carbons (Fsp3) is 0.273. The van der Waals surface area contributed by atoms with E-state index in [1.54, 1.807) is 24.4 Å². The van der Waals surface area contributed by atoms with Gasteiger partial charge in [0.2, 0.25) is 0 Å². The van der Waals surface area contributed by atoms with Gasteiger partial charge in [0.05, 0.1) is 28.7 Å². The van der Waals surface area contributed by atoms with Crippen LogP contribution in [-0.4, -0.2) is 29.0 Å². The standard InChI is InChI=1S/C22H21Br2N3O4/c1-5-12(2)21-26-18-7-6-15(23)10-16(18)22(29)27(21)25-11-14-8-17(24)20(31-13(3)28)19(9-14)30-4/h6-12H,5H2,1-4H3/t12-/m0/s1. The summed E-state index contributed by atoms with van der Waals surface area (Å²) in [6.07, 6.45) is 2.35. The molecule has 0 spiro atoms. The average molecular weight is 551 g/mol. The van der Waals surface area contributed by atoms with Crippen molar-refractivity contribution in [3.05, 3.63) is 61.0 Å². The van der Waals surface area contributed by atoms with Gasteiger partial charge in [-0.3, -0.25) is 9.59 Å². The summed E-state index contributed by atoms with van der Waals surface area (Å²) in [5.74, 6) is 0.799. The third-order valence-corrected chi connectivity index (χ3v) is 5.79. The van der Waals surface area contributed by atoms with Gasteiger partial charge in [0.15, 0.2) is 11.5 Å². The van der Waals surface area contributed by atoms with E-state index in [0.717, 1.165) is 10.9 Å². The molecule has 0 unspecified atom stereocenters. The highest BCUT2D eigenvalue weighted by Gasteiger charge is 2.16. The molecule has 162 valence electrons. The van der Waals surface area contributed by atoms with Gasteiger partial charge in [-0.25, -0.2) is 4.98 Å². The smallest absolute Gasteiger partial charge is 0.308 e. The molecule has 0 aliphatic heterocycles. The van der Waals surface area contributed by atoms with Crippen molar-refractivity contribution in [1.29, 1.82) is 0 Å². The molecule has 3 aromatic rings. The van der Waals surface area contributed by atoms with E-state index in [4.69, 9.17) is 14.5 Å². The maximum atomic E-state index is 13.2. The predicted octanol–water partition coefficient (Wildman–Crippen LogP) is 5.25. The molecule has 1 aromatic heterocycles. The molecule has 0 amide bonds. The van der Waals surface area contributed by atoms with Gasteiger partial charge in [-0.15, -0.1) is 0 Å². The number of benzene rings is 2. The number of halogens is 2. The number of carbonyl (C=O) groups excluding carboxylic acids is 1. The number of aromatic nitrogens is 2. The summed E-state index contributed by atoms with van der Waals surface area (Å²) in [4.78, 5) is 29.3. The SMILES string of the molecule is CC[C@H](C)c1nc2ccc(Br)cc2c(=O)n1N=Cc1cc(Br)c(OC(C)=O)c(OC)c1. The van der Waals surface area contributed by atoms with Gasteiger partial charge in [-0.1, -0.05) is 29.8 Å². The van der Waals surface area contributed by atoms with E-state index in [1.165, 1.54) is 18.7 Å². The van der Waals surface area contributed by atoms with Crippen molar-refractivity contribution in [3.63, 3.8) is 0 Å². The summed E-state index contributed by atoms with van der Waals surface area (Å²) < 4.78 is 13.2. The first kappa shape index (κ1) is 23.1. The van der Waals surface area contributed by atoms with Crippen LogP contribution in [0.2, 0.25) is 0 Å². The van der Waals surface area contributed by atoms with Crippen LogP contribution in [0.4, 0.5) is 0 Å². The molecule has 2 aromatic carbocycles. The van der Waals surface area contributed by atoms with Gasteiger partial charge < -0.3 is 9.47 Å². The Morgan fingerprint density at radius 1 is 1.29 bits per heavy atom. The molecule has 0 radical (unpaired) electrons. The number of esters is 1. The molecule has 3 rings (SSSR count). The fourth-order valence-corrected chi connectivity index (χ4v) is 3.86. The van der Waals surface area contributed by atoms with Gasteiger partial charge in [0, 0.05) is 17.3 Å².